The number of hydroxylamine groups is 1. The Morgan fingerprint density at radius 1 is 1.28 bits per heavy atom. The first-order valence-corrected chi connectivity index (χ1v) is 5.91. The van der Waals surface area contributed by atoms with Gasteiger partial charge in [0, 0.05) is 18.0 Å². The zero-order valence-corrected chi connectivity index (χ0v) is 9.77. The molecular weight excluding hydrogens is 231 g/mol. The van der Waals surface area contributed by atoms with Gasteiger partial charge >= 0.3 is 0 Å². The Balaban J connectivity index is 2.00. The zero-order valence-electron chi connectivity index (χ0n) is 9.77. The van der Waals surface area contributed by atoms with Crippen LogP contribution in [0.1, 0.15) is 18.0 Å². The van der Waals surface area contributed by atoms with E-state index in [9.17, 15) is 4.39 Å². The molecule has 4 heteroatoms. The number of halogens is 1. The molecular formula is C14H13FN2O. The highest BCUT2D eigenvalue weighted by Crippen LogP contribution is 2.27. The number of benzene rings is 1. The summed E-state index contributed by atoms with van der Waals surface area (Å²) in [4.78, 5) is 9.17. The van der Waals surface area contributed by atoms with E-state index in [1.807, 2.05) is 18.2 Å². The summed E-state index contributed by atoms with van der Waals surface area (Å²) in [5.74, 6) is -0.236. The van der Waals surface area contributed by atoms with Crippen molar-refractivity contribution in [2.75, 3.05) is 6.61 Å². The molecule has 1 saturated heterocycles. The number of nitrogens with zero attached hydrogens (tertiary/aromatic N) is 1. The Labute approximate surface area is 105 Å². The van der Waals surface area contributed by atoms with Crippen LogP contribution in [0.2, 0.25) is 0 Å². The van der Waals surface area contributed by atoms with Crippen molar-refractivity contribution < 1.29 is 9.23 Å². The van der Waals surface area contributed by atoms with Gasteiger partial charge in [-0.15, -0.1) is 0 Å². The molecule has 3 rings (SSSR count). The minimum atomic E-state index is -0.236. The highest BCUT2D eigenvalue weighted by molar-refractivity contribution is 5.63. The van der Waals surface area contributed by atoms with E-state index in [0.717, 1.165) is 23.1 Å². The molecule has 0 spiro atoms. The zero-order chi connectivity index (χ0) is 12.4. The second-order valence-electron chi connectivity index (χ2n) is 4.32. The van der Waals surface area contributed by atoms with Gasteiger partial charge < -0.3 is 4.84 Å². The first-order valence-electron chi connectivity index (χ1n) is 5.91. The first-order chi connectivity index (χ1) is 8.83. The quantitative estimate of drug-likeness (QED) is 0.882. The second-order valence-corrected chi connectivity index (χ2v) is 4.32. The SMILES string of the molecule is Fc1cc(-c2cccnc2)cc([C@H]2CCON2)c1. The van der Waals surface area contributed by atoms with Crippen molar-refractivity contribution >= 4 is 0 Å². The van der Waals surface area contributed by atoms with E-state index in [4.69, 9.17) is 4.84 Å². The third-order valence-electron chi connectivity index (χ3n) is 3.05. The molecule has 92 valence electrons. The van der Waals surface area contributed by atoms with Crippen molar-refractivity contribution in [1.82, 2.24) is 10.5 Å². The Bertz CT molecular complexity index is 539. The fourth-order valence-electron chi connectivity index (χ4n) is 2.14. The maximum absolute atomic E-state index is 13.7. The Morgan fingerprint density at radius 3 is 2.94 bits per heavy atom. The summed E-state index contributed by atoms with van der Waals surface area (Å²) in [7, 11) is 0. The summed E-state index contributed by atoms with van der Waals surface area (Å²) >= 11 is 0. The molecule has 0 radical (unpaired) electrons. The van der Waals surface area contributed by atoms with E-state index in [0.29, 0.717) is 6.61 Å². The molecule has 3 nitrogen and oxygen atoms in total. The molecule has 0 bridgehead atoms. The number of pyridine rings is 1. The minimum Gasteiger partial charge on any atom is -0.301 e. The maximum Gasteiger partial charge on any atom is 0.124 e. The fraction of sp³-hybridized carbons (Fsp3) is 0.214. The van der Waals surface area contributed by atoms with Crippen molar-refractivity contribution in [3.63, 3.8) is 0 Å². The highest BCUT2D eigenvalue weighted by Gasteiger charge is 2.18. The Hall–Kier alpha value is -1.78. The van der Waals surface area contributed by atoms with E-state index in [-0.39, 0.29) is 11.9 Å². The van der Waals surface area contributed by atoms with E-state index in [2.05, 4.69) is 10.5 Å². The highest BCUT2D eigenvalue weighted by atomic mass is 19.1. The van der Waals surface area contributed by atoms with Crippen molar-refractivity contribution in [3.05, 3.63) is 54.1 Å². The van der Waals surface area contributed by atoms with E-state index >= 15 is 0 Å². The molecule has 0 unspecified atom stereocenters. The van der Waals surface area contributed by atoms with Crippen LogP contribution in [0, 0.1) is 5.82 Å². The van der Waals surface area contributed by atoms with E-state index in [1.165, 1.54) is 6.07 Å². The first kappa shape index (κ1) is 11.3. The van der Waals surface area contributed by atoms with Gasteiger partial charge in [0.2, 0.25) is 0 Å². The summed E-state index contributed by atoms with van der Waals surface area (Å²) in [6, 6.07) is 8.88. The van der Waals surface area contributed by atoms with Crippen molar-refractivity contribution in [2.45, 2.75) is 12.5 Å². The molecule has 1 aromatic heterocycles. The Kier molecular flexibility index (Phi) is 3.04. The van der Waals surface area contributed by atoms with Crippen LogP contribution in [0.15, 0.2) is 42.7 Å². The number of aromatic nitrogens is 1. The fourth-order valence-corrected chi connectivity index (χ4v) is 2.14. The normalized spacial score (nSPS) is 19.1. The second kappa shape index (κ2) is 4.84. The maximum atomic E-state index is 13.7. The predicted octanol–water partition coefficient (Wildman–Crippen LogP) is 2.85. The molecule has 2 aromatic rings. The van der Waals surface area contributed by atoms with Gasteiger partial charge in [-0.1, -0.05) is 6.07 Å². The Morgan fingerprint density at radius 2 is 2.22 bits per heavy atom. The third kappa shape index (κ3) is 2.25. The number of rotatable bonds is 2. The molecule has 18 heavy (non-hydrogen) atoms. The van der Waals surface area contributed by atoms with Gasteiger partial charge in [-0.05, 0) is 41.8 Å². The molecule has 1 atom stereocenters. The van der Waals surface area contributed by atoms with Gasteiger partial charge in [0.1, 0.15) is 5.82 Å². The van der Waals surface area contributed by atoms with Crippen molar-refractivity contribution in [1.29, 1.82) is 0 Å². The van der Waals surface area contributed by atoms with Crippen LogP contribution in [0.4, 0.5) is 4.39 Å². The topological polar surface area (TPSA) is 34.1 Å². The predicted molar refractivity (Wildman–Crippen MR) is 66.1 cm³/mol. The summed E-state index contributed by atoms with van der Waals surface area (Å²) in [6.45, 7) is 0.656. The smallest absolute Gasteiger partial charge is 0.124 e. The largest absolute Gasteiger partial charge is 0.301 e. The van der Waals surface area contributed by atoms with E-state index in [1.54, 1.807) is 18.5 Å². The standard InChI is InChI=1S/C14H13FN2O/c15-13-7-11(10-2-1-4-16-9-10)6-12(8-13)14-3-5-18-17-14/h1-2,4,6-9,14,17H,3,5H2/t14-/m1/s1. The van der Waals surface area contributed by atoms with Crippen LogP contribution in [0.3, 0.4) is 0 Å². The van der Waals surface area contributed by atoms with Gasteiger partial charge in [0.25, 0.3) is 0 Å². The molecule has 1 fully saturated rings. The minimum absolute atomic E-state index is 0.0659. The third-order valence-corrected chi connectivity index (χ3v) is 3.05. The average molecular weight is 244 g/mol. The van der Waals surface area contributed by atoms with Gasteiger partial charge in [-0.25, -0.2) is 4.39 Å². The number of nitrogens with one attached hydrogen (secondary N) is 1. The van der Waals surface area contributed by atoms with Crippen LogP contribution in [0.5, 0.6) is 0 Å². The van der Waals surface area contributed by atoms with Gasteiger partial charge in [-0.2, -0.15) is 5.48 Å². The molecule has 0 amide bonds. The van der Waals surface area contributed by atoms with Crippen molar-refractivity contribution in [2.24, 2.45) is 0 Å². The van der Waals surface area contributed by atoms with Crippen molar-refractivity contribution in [3.8, 4) is 11.1 Å². The average Bonchev–Trinajstić information content (AvgIpc) is 2.93. The lowest BCUT2D eigenvalue weighted by atomic mass is 9.99. The monoisotopic (exact) mass is 244 g/mol. The van der Waals surface area contributed by atoms with Crippen LogP contribution in [-0.4, -0.2) is 11.6 Å². The summed E-state index contributed by atoms with van der Waals surface area (Å²) in [5.41, 5.74) is 5.56. The van der Waals surface area contributed by atoms with Crippen LogP contribution >= 0.6 is 0 Å². The lowest BCUT2D eigenvalue weighted by Crippen LogP contribution is -2.11. The van der Waals surface area contributed by atoms with Crippen LogP contribution in [0.25, 0.3) is 11.1 Å². The number of hydrogen-bond donors (Lipinski definition) is 1. The molecule has 1 aromatic carbocycles. The molecule has 0 saturated carbocycles. The summed E-state index contributed by atoms with van der Waals surface area (Å²) < 4.78 is 13.7. The van der Waals surface area contributed by atoms with Gasteiger partial charge in [0.15, 0.2) is 0 Å². The van der Waals surface area contributed by atoms with Gasteiger partial charge in [-0.3, -0.25) is 4.98 Å². The van der Waals surface area contributed by atoms with E-state index < -0.39 is 0 Å². The lowest BCUT2D eigenvalue weighted by molar-refractivity contribution is 0.0882. The molecule has 2 heterocycles. The molecule has 1 aliphatic heterocycles. The summed E-state index contributed by atoms with van der Waals surface area (Å²) in [6.07, 6.45) is 4.29. The molecule has 1 N–H and O–H groups in total. The summed E-state index contributed by atoms with van der Waals surface area (Å²) in [5, 5.41) is 0. The molecule has 1 aliphatic rings. The van der Waals surface area contributed by atoms with Crippen LogP contribution in [-0.2, 0) is 4.84 Å². The number of hydrogen-bond acceptors (Lipinski definition) is 3. The molecule has 0 aliphatic carbocycles. The lowest BCUT2D eigenvalue weighted by Gasteiger charge is -2.11. The van der Waals surface area contributed by atoms with Crippen LogP contribution < -0.4 is 5.48 Å². The van der Waals surface area contributed by atoms with Gasteiger partial charge in [0.05, 0.1) is 12.6 Å².